The summed E-state index contributed by atoms with van der Waals surface area (Å²) in [5.74, 6) is -1.18. The van der Waals surface area contributed by atoms with E-state index in [1.807, 2.05) is 25.1 Å². The number of hydrogen-bond acceptors (Lipinski definition) is 2. The molecule has 1 amide bonds. The van der Waals surface area contributed by atoms with Gasteiger partial charge in [0.1, 0.15) is 0 Å². The van der Waals surface area contributed by atoms with Gasteiger partial charge in [0.05, 0.1) is 12.5 Å². The van der Waals surface area contributed by atoms with Gasteiger partial charge in [0, 0.05) is 11.4 Å². The molecule has 1 aromatic rings. The Hall–Kier alpha value is -1.36. The average Bonchev–Trinajstić information content (AvgIpc) is 2.26. The van der Waals surface area contributed by atoms with Crippen molar-refractivity contribution >= 4 is 27.8 Å². The molecule has 18 heavy (non-hydrogen) atoms. The zero-order chi connectivity index (χ0) is 13.7. The van der Waals surface area contributed by atoms with Crippen LogP contribution in [0.4, 0.5) is 0 Å². The Morgan fingerprint density at radius 3 is 2.56 bits per heavy atom. The lowest BCUT2D eigenvalue weighted by Gasteiger charge is -2.17. The second-order valence-corrected chi connectivity index (χ2v) is 4.91. The molecule has 0 heterocycles. The highest BCUT2D eigenvalue weighted by Crippen LogP contribution is 2.24. The van der Waals surface area contributed by atoms with Crippen molar-refractivity contribution in [1.82, 2.24) is 5.32 Å². The third kappa shape index (κ3) is 4.14. The van der Waals surface area contributed by atoms with Gasteiger partial charge in [-0.3, -0.25) is 9.59 Å². The highest BCUT2D eigenvalue weighted by atomic mass is 79.9. The van der Waals surface area contributed by atoms with Crippen LogP contribution >= 0.6 is 15.9 Å². The van der Waals surface area contributed by atoms with Crippen molar-refractivity contribution < 1.29 is 14.7 Å². The van der Waals surface area contributed by atoms with Gasteiger partial charge < -0.3 is 10.4 Å². The van der Waals surface area contributed by atoms with E-state index in [4.69, 9.17) is 5.11 Å². The Kier molecular flexibility index (Phi) is 5.34. The normalized spacial score (nSPS) is 11.9. The zero-order valence-electron chi connectivity index (χ0n) is 10.4. The summed E-state index contributed by atoms with van der Waals surface area (Å²) in [6.07, 6.45) is 0.766. The van der Waals surface area contributed by atoms with Gasteiger partial charge in [0.2, 0.25) is 5.91 Å². The van der Waals surface area contributed by atoms with E-state index in [2.05, 4.69) is 21.2 Å². The van der Waals surface area contributed by atoms with Gasteiger partial charge in [0.25, 0.3) is 0 Å². The SMILES string of the molecule is CCc1ccc(C(CC(=O)O)NC(C)=O)cc1Br. The van der Waals surface area contributed by atoms with Crippen molar-refractivity contribution in [2.24, 2.45) is 0 Å². The van der Waals surface area contributed by atoms with E-state index in [9.17, 15) is 9.59 Å². The number of benzene rings is 1. The van der Waals surface area contributed by atoms with Crippen molar-refractivity contribution in [2.75, 3.05) is 0 Å². The smallest absolute Gasteiger partial charge is 0.305 e. The summed E-state index contributed by atoms with van der Waals surface area (Å²) in [7, 11) is 0. The van der Waals surface area contributed by atoms with Crippen LogP contribution in [-0.4, -0.2) is 17.0 Å². The van der Waals surface area contributed by atoms with Gasteiger partial charge in [-0.15, -0.1) is 0 Å². The summed E-state index contributed by atoms with van der Waals surface area (Å²) < 4.78 is 0.934. The summed E-state index contributed by atoms with van der Waals surface area (Å²) in [6.45, 7) is 3.42. The van der Waals surface area contributed by atoms with Gasteiger partial charge in [-0.1, -0.05) is 35.0 Å². The number of aryl methyl sites for hydroxylation is 1. The molecule has 5 heteroatoms. The van der Waals surface area contributed by atoms with Gasteiger partial charge in [-0.05, 0) is 23.6 Å². The molecular formula is C13H16BrNO3. The molecule has 1 aromatic carbocycles. The fourth-order valence-electron chi connectivity index (χ4n) is 1.74. The van der Waals surface area contributed by atoms with Gasteiger partial charge >= 0.3 is 5.97 Å². The molecule has 0 aliphatic heterocycles. The van der Waals surface area contributed by atoms with Crippen molar-refractivity contribution in [3.05, 3.63) is 33.8 Å². The fraction of sp³-hybridized carbons (Fsp3) is 0.385. The summed E-state index contributed by atoms with van der Waals surface area (Å²) in [6, 6.07) is 5.16. The van der Waals surface area contributed by atoms with Gasteiger partial charge in [-0.2, -0.15) is 0 Å². The Morgan fingerprint density at radius 1 is 1.44 bits per heavy atom. The predicted molar refractivity (Wildman–Crippen MR) is 72.3 cm³/mol. The molecule has 1 atom stereocenters. The van der Waals surface area contributed by atoms with Crippen LogP contribution in [0.25, 0.3) is 0 Å². The van der Waals surface area contributed by atoms with E-state index in [0.29, 0.717) is 0 Å². The maximum Gasteiger partial charge on any atom is 0.305 e. The minimum Gasteiger partial charge on any atom is -0.481 e. The molecule has 98 valence electrons. The highest BCUT2D eigenvalue weighted by Gasteiger charge is 2.17. The van der Waals surface area contributed by atoms with Gasteiger partial charge in [0.15, 0.2) is 0 Å². The number of carbonyl (C=O) groups excluding carboxylic acids is 1. The minimum absolute atomic E-state index is 0.127. The highest BCUT2D eigenvalue weighted by molar-refractivity contribution is 9.10. The number of carboxylic acid groups (broad SMARTS) is 1. The first-order valence-corrected chi connectivity index (χ1v) is 6.50. The molecule has 0 spiro atoms. The molecule has 0 saturated heterocycles. The predicted octanol–water partition coefficient (Wildman–Crippen LogP) is 2.66. The van der Waals surface area contributed by atoms with Crippen molar-refractivity contribution in [3.8, 4) is 0 Å². The molecule has 0 fully saturated rings. The van der Waals surface area contributed by atoms with Crippen LogP contribution in [0.5, 0.6) is 0 Å². The molecule has 4 nitrogen and oxygen atoms in total. The van der Waals surface area contributed by atoms with E-state index >= 15 is 0 Å². The number of aliphatic carboxylic acids is 1. The van der Waals surface area contributed by atoms with E-state index in [0.717, 1.165) is 22.0 Å². The molecule has 0 bridgehead atoms. The lowest BCUT2D eigenvalue weighted by atomic mass is 10.0. The van der Waals surface area contributed by atoms with E-state index in [-0.39, 0.29) is 12.3 Å². The monoisotopic (exact) mass is 313 g/mol. The van der Waals surface area contributed by atoms with Crippen LogP contribution in [0.3, 0.4) is 0 Å². The van der Waals surface area contributed by atoms with Gasteiger partial charge in [-0.25, -0.2) is 0 Å². The standard InChI is InChI=1S/C13H16BrNO3/c1-3-9-4-5-10(6-11(9)14)12(7-13(17)18)15-8(2)16/h4-6,12H,3,7H2,1-2H3,(H,15,16)(H,17,18). The maximum atomic E-state index is 11.1. The van der Waals surface area contributed by atoms with Crippen LogP contribution in [0.15, 0.2) is 22.7 Å². The Morgan fingerprint density at radius 2 is 2.11 bits per heavy atom. The molecule has 0 aromatic heterocycles. The van der Waals surface area contributed by atoms with Crippen LogP contribution < -0.4 is 5.32 Å². The molecular weight excluding hydrogens is 298 g/mol. The Bertz CT molecular complexity index is 444. The molecule has 0 aliphatic carbocycles. The number of carbonyl (C=O) groups is 2. The summed E-state index contributed by atoms with van der Waals surface area (Å²) in [5, 5.41) is 11.5. The summed E-state index contributed by atoms with van der Waals surface area (Å²) in [5.41, 5.74) is 1.94. The third-order valence-corrected chi connectivity index (χ3v) is 3.35. The number of rotatable bonds is 5. The quantitative estimate of drug-likeness (QED) is 0.878. The van der Waals surface area contributed by atoms with E-state index in [1.54, 1.807) is 0 Å². The van der Waals surface area contributed by atoms with Crippen LogP contribution in [0, 0.1) is 0 Å². The molecule has 2 N–H and O–H groups in total. The first kappa shape index (κ1) is 14.7. The first-order valence-electron chi connectivity index (χ1n) is 5.71. The lowest BCUT2D eigenvalue weighted by molar-refractivity contribution is -0.137. The third-order valence-electron chi connectivity index (χ3n) is 2.62. The lowest BCUT2D eigenvalue weighted by Crippen LogP contribution is -2.28. The maximum absolute atomic E-state index is 11.1. The van der Waals surface area contributed by atoms with Crippen molar-refractivity contribution in [2.45, 2.75) is 32.7 Å². The number of halogens is 1. The second-order valence-electron chi connectivity index (χ2n) is 4.06. The topological polar surface area (TPSA) is 66.4 Å². The molecule has 0 saturated carbocycles. The Balaban J connectivity index is 3.00. The first-order chi connectivity index (χ1) is 8.43. The molecule has 1 rings (SSSR count). The molecule has 0 radical (unpaired) electrons. The average molecular weight is 314 g/mol. The van der Waals surface area contributed by atoms with Crippen molar-refractivity contribution in [1.29, 1.82) is 0 Å². The summed E-state index contributed by atoms with van der Waals surface area (Å²) in [4.78, 5) is 21.9. The second kappa shape index (κ2) is 6.54. The van der Waals surface area contributed by atoms with Crippen LogP contribution in [-0.2, 0) is 16.0 Å². The molecule has 1 unspecified atom stereocenters. The van der Waals surface area contributed by atoms with Crippen molar-refractivity contribution in [3.63, 3.8) is 0 Å². The van der Waals surface area contributed by atoms with E-state index < -0.39 is 12.0 Å². The Labute approximate surface area is 115 Å². The number of hydrogen-bond donors (Lipinski definition) is 2. The van der Waals surface area contributed by atoms with Crippen LogP contribution in [0.1, 0.15) is 37.4 Å². The molecule has 0 aliphatic rings. The van der Waals surface area contributed by atoms with E-state index in [1.165, 1.54) is 6.92 Å². The number of carboxylic acids is 1. The zero-order valence-corrected chi connectivity index (χ0v) is 12.0. The minimum atomic E-state index is -0.940. The fourth-order valence-corrected chi connectivity index (χ4v) is 2.42. The van der Waals surface area contributed by atoms with Crippen LogP contribution in [0.2, 0.25) is 0 Å². The summed E-state index contributed by atoms with van der Waals surface area (Å²) >= 11 is 3.45. The number of amides is 1. The number of nitrogens with one attached hydrogen (secondary N) is 1. The largest absolute Gasteiger partial charge is 0.481 e.